The van der Waals surface area contributed by atoms with Gasteiger partial charge in [-0.2, -0.15) is 0 Å². The van der Waals surface area contributed by atoms with E-state index in [2.05, 4.69) is 6.58 Å². The average molecular weight is 260 g/mol. The lowest BCUT2D eigenvalue weighted by molar-refractivity contribution is 0.00578. The van der Waals surface area contributed by atoms with Crippen molar-refractivity contribution in [3.8, 4) is 5.75 Å². The minimum absolute atomic E-state index is 0.364. The zero-order valence-corrected chi connectivity index (χ0v) is 12.3. The van der Waals surface area contributed by atoms with E-state index >= 15 is 0 Å². The predicted octanol–water partition coefficient (Wildman–Crippen LogP) is 2.64. The summed E-state index contributed by atoms with van der Waals surface area (Å²) in [7, 11) is 1.21. The van der Waals surface area contributed by atoms with E-state index in [0.29, 0.717) is 0 Å². The molecule has 102 valence electrons. The molecular formula is C15H21BO3. The average Bonchev–Trinajstić information content (AvgIpc) is 2.57. The second kappa shape index (κ2) is 4.69. The van der Waals surface area contributed by atoms with Crippen molar-refractivity contribution >= 4 is 18.7 Å². The summed E-state index contributed by atoms with van der Waals surface area (Å²) in [6.07, 6.45) is 1.79. The van der Waals surface area contributed by atoms with Crippen molar-refractivity contribution in [3.63, 3.8) is 0 Å². The SMILES string of the molecule is C=Cc1cccc(OC)c1B1OC(C)(C)C(C)(C)O1. The van der Waals surface area contributed by atoms with Crippen molar-refractivity contribution in [3.05, 3.63) is 30.3 Å². The largest absolute Gasteiger partial charge is 0.499 e. The highest BCUT2D eigenvalue weighted by atomic mass is 16.7. The lowest BCUT2D eigenvalue weighted by atomic mass is 9.75. The first-order valence-corrected chi connectivity index (χ1v) is 6.47. The molecule has 4 heteroatoms. The first-order chi connectivity index (χ1) is 8.82. The molecule has 0 amide bonds. The van der Waals surface area contributed by atoms with Gasteiger partial charge in [-0.15, -0.1) is 0 Å². The van der Waals surface area contributed by atoms with E-state index in [0.717, 1.165) is 16.8 Å². The smallest absolute Gasteiger partial charge is 0.497 e. The van der Waals surface area contributed by atoms with Gasteiger partial charge in [0.2, 0.25) is 0 Å². The van der Waals surface area contributed by atoms with Crippen molar-refractivity contribution in [2.24, 2.45) is 0 Å². The summed E-state index contributed by atoms with van der Waals surface area (Å²) < 4.78 is 17.6. The van der Waals surface area contributed by atoms with Gasteiger partial charge in [0.05, 0.1) is 18.3 Å². The van der Waals surface area contributed by atoms with Gasteiger partial charge >= 0.3 is 7.12 Å². The molecule has 0 bridgehead atoms. The van der Waals surface area contributed by atoms with E-state index < -0.39 is 7.12 Å². The summed E-state index contributed by atoms with van der Waals surface area (Å²) >= 11 is 0. The number of rotatable bonds is 3. The van der Waals surface area contributed by atoms with E-state index in [1.807, 2.05) is 45.9 Å². The van der Waals surface area contributed by atoms with Gasteiger partial charge in [0, 0.05) is 5.46 Å². The molecule has 0 atom stereocenters. The second-order valence-corrected chi connectivity index (χ2v) is 5.76. The molecule has 19 heavy (non-hydrogen) atoms. The van der Waals surface area contributed by atoms with Gasteiger partial charge in [0.25, 0.3) is 0 Å². The van der Waals surface area contributed by atoms with E-state index in [4.69, 9.17) is 14.0 Å². The van der Waals surface area contributed by atoms with E-state index in [1.54, 1.807) is 13.2 Å². The monoisotopic (exact) mass is 260 g/mol. The topological polar surface area (TPSA) is 27.7 Å². The van der Waals surface area contributed by atoms with Gasteiger partial charge in [-0.25, -0.2) is 0 Å². The molecular weight excluding hydrogens is 239 g/mol. The highest BCUT2D eigenvalue weighted by Gasteiger charge is 2.52. The molecule has 1 aliphatic rings. The summed E-state index contributed by atoms with van der Waals surface area (Å²) in [5.41, 5.74) is 1.14. The minimum Gasteiger partial charge on any atom is -0.497 e. The summed E-state index contributed by atoms with van der Waals surface area (Å²) in [6.45, 7) is 12.0. The van der Waals surface area contributed by atoms with E-state index in [-0.39, 0.29) is 11.2 Å². The molecule has 0 saturated carbocycles. The van der Waals surface area contributed by atoms with Crippen LogP contribution >= 0.6 is 0 Å². The van der Waals surface area contributed by atoms with Crippen LogP contribution in [0.15, 0.2) is 24.8 Å². The van der Waals surface area contributed by atoms with Gasteiger partial charge < -0.3 is 14.0 Å². The van der Waals surface area contributed by atoms with Gasteiger partial charge in [-0.3, -0.25) is 0 Å². The Morgan fingerprint density at radius 2 is 1.74 bits per heavy atom. The maximum atomic E-state index is 6.09. The lowest BCUT2D eigenvalue weighted by Gasteiger charge is -2.32. The van der Waals surface area contributed by atoms with Crippen LogP contribution in [0.5, 0.6) is 5.75 Å². The third kappa shape index (κ3) is 2.30. The van der Waals surface area contributed by atoms with Gasteiger partial charge in [-0.05, 0) is 39.3 Å². The van der Waals surface area contributed by atoms with E-state index in [9.17, 15) is 0 Å². The Kier molecular flexibility index (Phi) is 3.50. The number of ether oxygens (including phenoxy) is 1. The molecule has 0 unspecified atom stereocenters. The quantitative estimate of drug-likeness (QED) is 0.782. The summed E-state index contributed by atoms with van der Waals surface area (Å²) in [6, 6.07) is 5.83. The fourth-order valence-electron chi connectivity index (χ4n) is 2.13. The molecule has 1 aromatic rings. The maximum Gasteiger partial charge on any atom is 0.499 e. The standard InChI is InChI=1S/C15H21BO3/c1-7-11-9-8-10-12(17-6)13(11)16-18-14(2,3)15(4,5)19-16/h7-10H,1H2,2-6H3. The lowest BCUT2D eigenvalue weighted by Crippen LogP contribution is -2.41. The highest BCUT2D eigenvalue weighted by molar-refractivity contribution is 6.64. The Hall–Kier alpha value is -1.26. The Morgan fingerprint density at radius 1 is 1.16 bits per heavy atom. The molecule has 2 rings (SSSR count). The molecule has 1 saturated heterocycles. The third-order valence-electron chi connectivity index (χ3n) is 4.03. The van der Waals surface area contributed by atoms with Crippen LogP contribution in [-0.4, -0.2) is 25.4 Å². The first-order valence-electron chi connectivity index (χ1n) is 6.47. The zero-order chi connectivity index (χ0) is 14.3. The van der Waals surface area contributed by atoms with Crippen LogP contribution in [-0.2, 0) is 9.31 Å². The van der Waals surface area contributed by atoms with Crippen molar-refractivity contribution < 1.29 is 14.0 Å². The van der Waals surface area contributed by atoms with Crippen LogP contribution in [0.1, 0.15) is 33.3 Å². The fourth-order valence-corrected chi connectivity index (χ4v) is 2.13. The summed E-state index contributed by atoms with van der Waals surface area (Å²) in [5, 5.41) is 0. The molecule has 0 radical (unpaired) electrons. The number of benzene rings is 1. The first kappa shape index (κ1) is 14.2. The molecule has 0 N–H and O–H groups in total. The van der Waals surface area contributed by atoms with Crippen LogP contribution in [0.3, 0.4) is 0 Å². The van der Waals surface area contributed by atoms with Crippen molar-refractivity contribution in [1.29, 1.82) is 0 Å². The molecule has 1 fully saturated rings. The Morgan fingerprint density at radius 3 is 2.21 bits per heavy atom. The van der Waals surface area contributed by atoms with Crippen LogP contribution in [0.4, 0.5) is 0 Å². The predicted molar refractivity (Wildman–Crippen MR) is 78.8 cm³/mol. The Balaban J connectivity index is 2.47. The number of methoxy groups -OCH3 is 1. The molecule has 1 heterocycles. The second-order valence-electron chi connectivity index (χ2n) is 5.76. The van der Waals surface area contributed by atoms with Gasteiger partial charge in [-0.1, -0.05) is 24.8 Å². The van der Waals surface area contributed by atoms with Crippen molar-refractivity contribution in [1.82, 2.24) is 0 Å². The van der Waals surface area contributed by atoms with Crippen LogP contribution in [0, 0.1) is 0 Å². The molecule has 1 aromatic carbocycles. The molecule has 0 aromatic heterocycles. The summed E-state index contributed by atoms with van der Waals surface area (Å²) in [4.78, 5) is 0. The number of hydrogen-bond donors (Lipinski definition) is 0. The Bertz CT molecular complexity index is 478. The van der Waals surface area contributed by atoms with Gasteiger partial charge in [0.1, 0.15) is 5.75 Å². The maximum absolute atomic E-state index is 6.09. The zero-order valence-electron chi connectivity index (χ0n) is 12.3. The summed E-state index contributed by atoms with van der Waals surface area (Å²) in [5.74, 6) is 0.760. The van der Waals surface area contributed by atoms with Gasteiger partial charge in [0.15, 0.2) is 0 Å². The molecule has 1 aliphatic heterocycles. The number of hydrogen-bond acceptors (Lipinski definition) is 3. The van der Waals surface area contributed by atoms with Crippen molar-refractivity contribution in [2.75, 3.05) is 7.11 Å². The van der Waals surface area contributed by atoms with Crippen LogP contribution in [0.2, 0.25) is 0 Å². The molecule has 0 aliphatic carbocycles. The van der Waals surface area contributed by atoms with Crippen molar-refractivity contribution in [2.45, 2.75) is 38.9 Å². The minimum atomic E-state index is -0.436. The van der Waals surface area contributed by atoms with Crippen LogP contribution in [0.25, 0.3) is 6.08 Å². The third-order valence-corrected chi connectivity index (χ3v) is 4.03. The molecule has 3 nitrogen and oxygen atoms in total. The fraction of sp³-hybridized carbons (Fsp3) is 0.467. The normalized spacial score (nSPS) is 20.4. The van der Waals surface area contributed by atoms with E-state index in [1.165, 1.54) is 0 Å². The Labute approximate surface area is 115 Å². The van der Waals surface area contributed by atoms with Crippen LogP contribution < -0.4 is 10.2 Å². The molecule has 0 spiro atoms. The highest BCUT2D eigenvalue weighted by Crippen LogP contribution is 2.37.